The lowest BCUT2D eigenvalue weighted by molar-refractivity contribution is 0.356. The molecule has 0 radical (unpaired) electrons. The normalized spacial score (nSPS) is 10.7. The number of hydrogen-bond donors (Lipinski definition) is 1. The third-order valence-electron chi connectivity index (χ3n) is 4.26. The minimum Gasteiger partial charge on any atom is -0.493 e. The van der Waals surface area contributed by atoms with Crippen LogP contribution < -0.4 is 14.8 Å². The highest BCUT2D eigenvalue weighted by Gasteiger charge is 2.14. The van der Waals surface area contributed by atoms with Crippen molar-refractivity contribution in [3.8, 4) is 17.6 Å². The van der Waals surface area contributed by atoms with Crippen LogP contribution in [0.25, 0.3) is 21.1 Å². The number of rotatable bonds is 4. The summed E-state index contributed by atoms with van der Waals surface area (Å²) in [6, 6.07) is 11.8. The number of aryl methyl sites for hydroxylation is 1. The number of nitriles is 1. The lowest BCUT2D eigenvalue weighted by Crippen LogP contribution is -1.98. The van der Waals surface area contributed by atoms with E-state index in [-0.39, 0.29) is 0 Å². The first kappa shape index (κ1) is 17.1. The standard InChI is InChI=1S/C20H16N4O2S/c1-11-23-16-6-13(4-5-19(16)27-11)24-20-12(9-21)10-22-15-8-18(26-3)17(25-2)7-14(15)20/h4-8,10H,1-3H3,(H,22,24). The summed E-state index contributed by atoms with van der Waals surface area (Å²) in [6.45, 7) is 1.99. The lowest BCUT2D eigenvalue weighted by atomic mass is 10.1. The Morgan fingerprint density at radius 2 is 1.85 bits per heavy atom. The van der Waals surface area contributed by atoms with Gasteiger partial charge in [0, 0.05) is 23.3 Å². The molecule has 27 heavy (non-hydrogen) atoms. The van der Waals surface area contributed by atoms with Crippen LogP contribution in [0.5, 0.6) is 11.5 Å². The van der Waals surface area contributed by atoms with Gasteiger partial charge in [-0.25, -0.2) is 4.98 Å². The number of thiazole rings is 1. The van der Waals surface area contributed by atoms with Crippen molar-refractivity contribution in [1.29, 1.82) is 5.26 Å². The topological polar surface area (TPSA) is 80.1 Å². The van der Waals surface area contributed by atoms with Crippen LogP contribution in [0, 0.1) is 18.3 Å². The third kappa shape index (κ3) is 3.00. The van der Waals surface area contributed by atoms with Crippen LogP contribution in [0.15, 0.2) is 36.5 Å². The largest absolute Gasteiger partial charge is 0.493 e. The van der Waals surface area contributed by atoms with Crippen molar-refractivity contribution >= 4 is 43.8 Å². The maximum absolute atomic E-state index is 9.56. The Hall–Kier alpha value is -3.37. The van der Waals surface area contributed by atoms with Gasteiger partial charge in [0.25, 0.3) is 0 Å². The van der Waals surface area contributed by atoms with Crippen molar-refractivity contribution in [3.63, 3.8) is 0 Å². The first-order valence-corrected chi connectivity index (χ1v) is 9.03. The van der Waals surface area contributed by atoms with Gasteiger partial charge < -0.3 is 14.8 Å². The van der Waals surface area contributed by atoms with Crippen LogP contribution in [-0.4, -0.2) is 24.2 Å². The smallest absolute Gasteiger partial charge is 0.162 e. The number of ether oxygens (including phenoxy) is 2. The quantitative estimate of drug-likeness (QED) is 0.552. The monoisotopic (exact) mass is 376 g/mol. The zero-order chi connectivity index (χ0) is 19.0. The zero-order valence-electron chi connectivity index (χ0n) is 15.0. The van der Waals surface area contributed by atoms with Crippen molar-refractivity contribution in [1.82, 2.24) is 9.97 Å². The first-order valence-electron chi connectivity index (χ1n) is 8.22. The first-order chi connectivity index (χ1) is 13.1. The Kier molecular flexibility index (Phi) is 4.26. The van der Waals surface area contributed by atoms with E-state index in [1.807, 2.05) is 31.2 Å². The molecule has 0 aliphatic rings. The molecule has 0 aliphatic carbocycles. The minimum absolute atomic E-state index is 0.448. The fraction of sp³-hybridized carbons (Fsp3) is 0.150. The highest BCUT2D eigenvalue weighted by Crippen LogP contribution is 2.37. The Morgan fingerprint density at radius 3 is 2.59 bits per heavy atom. The molecule has 0 fully saturated rings. The molecule has 0 saturated carbocycles. The molecule has 0 saturated heterocycles. The molecule has 2 aromatic carbocycles. The van der Waals surface area contributed by atoms with Crippen LogP contribution in [0.1, 0.15) is 10.6 Å². The number of benzene rings is 2. The molecule has 4 aromatic rings. The lowest BCUT2D eigenvalue weighted by Gasteiger charge is -2.14. The summed E-state index contributed by atoms with van der Waals surface area (Å²) in [6.07, 6.45) is 1.56. The molecule has 0 amide bonds. The van der Waals surface area contributed by atoms with Crippen LogP contribution in [0.4, 0.5) is 11.4 Å². The van der Waals surface area contributed by atoms with E-state index < -0.39 is 0 Å². The van der Waals surface area contributed by atoms with E-state index in [4.69, 9.17) is 9.47 Å². The summed E-state index contributed by atoms with van der Waals surface area (Å²) in [7, 11) is 3.16. The maximum Gasteiger partial charge on any atom is 0.162 e. The second kappa shape index (κ2) is 6.74. The number of hydrogen-bond acceptors (Lipinski definition) is 7. The molecular formula is C20H16N4O2S. The molecular weight excluding hydrogens is 360 g/mol. The van der Waals surface area contributed by atoms with Gasteiger partial charge in [-0.1, -0.05) is 0 Å². The van der Waals surface area contributed by atoms with Crippen LogP contribution in [0.2, 0.25) is 0 Å². The molecule has 2 aromatic heterocycles. The Morgan fingerprint density at radius 1 is 1.07 bits per heavy atom. The van der Waals surface area contributed by atoms with Gasteiger partial charge >= 0.3 is 0 Å². The van der Waals surface area contributed by atoms with Crippen molar-refractivity contribution in [2.45, 2.75) is 6.92 Å². The Labute approximate surface area is 160 Å². The average Bonchev–Trinajstić information content (AvgIpc) is 3.06. The second-order valence-electron chi connectivity index (χ2n) is 5.92. The predicted molar refractivity (Wildman–Crippen MR) is 107 cm³/mol. The second-order valence-corrected chi connectivity index (χ2v) is 7.16. The fourth-order valence-electron chi connectivity index (χ4n) is 3.00. The van der Waals surface area contributed by atoms with Gasteiger partial charge in [0.1, 0.15) is 6.07 Å². The molecule has 0 unspecified atom stereocenters. The fourth-order valence-corrected chi connectivity index (χ4v) is 3.81. The third-order valence-corrected chi connectivity index (χ3v) is 5.21. The summed E-state index contributed by atoms with van der Waals surface area (Å²) >= 11 is 1.65. The van der Waals surface area contributed by atoms with Crippen molar-refractivity contribution in [3.05, 3.63) is 47.1 Å². The predicted octanol–water partition coefficient (Wildman–Crippen LogP) is 4.79. The molecule has 2 heterocycles. The Balaban J connectivity index is 1.88. The van der Waals surface area contributed by atoms with Gasteiger partial charge in [-0.15, -0.1) is 11.3 Å². The van der Waals surface area contributed by atoms with Crippen molar-refractivity contribution in [2.24, 2.45) is 0 Å². The highest BCUT2D eigenvalue weighted by atomic mass is 32.1. The molecule has 0 atom stereocenters. The van der Waals surface area contributed by atoms with Crippen LogP contribution >= 0.6 is 11.3 Å². The van der Waals surface area contributed by atoms with E-state index in [1.54, 1.807) is 37.8 Å². The van der Waals surface area contributed by atoms with Crippen molar-refractivity contribution < 1.29 is 9.47 Å². The minimum atomic E-state index is 0.448. The average molecular weight is 376 g/mol. The molecule has 4 rings (SSSR count). The van der Waals surface area contributed by atoms with E-state index in [2.05, 4.69) is 21.4 Å². The molecule has 7 heteroatoms. The highest BCUT2D eigenvalue weighted by molar-refractivity contribution is 7.18. The molecule has 0 spiro atoms. The number of fused-ring (bicyclic) bond motifs is 2. The molecule has 134 valence electrons. The van der Waals surface area contributed by atoms with Crippen LogP contribution in [-0.2, 0) is 0 Å². The maximum atomic E-state index is 9.56. The van der Waals surface area contributed by atoms with Gasteiger partial charge in [-0.2, -0.15) is 5.26 Å². The van der Waals surface area contributed by atoms with Gasteiger partial charge in [-0.05, 0) is 31.2 Å². The van der Waals surface area contributed by atoms with Gasteiger partial charge in [0.15, 0.2) is 11.5 Å². The summed E-state index contributed by atoms with van der Waals surface area (Å²) in [5.41, 5.74) is 3.61. The van der Waals surface area contributed by atoms with Gasteiger partial charge in [0.05, 0.1) is 46.2 Å². The molecule has 0 bridgehead atoms. The van der Waals surface area contributed by atoms with Gasteiger partial charge in [0.2, 0.25) is 0 Å². The number of methoxy groups -OCH3 is 2. The van der Waals surface area contributed by atoms with Crippen LogP contribution in [0.3, 0.4) is 0 Å². The summed E-state index contributed by atoms with van der Waals surface area (Å²) in [5, 5.41) is 14.7. The van der Waals surface area contributed by atoms with E-state index in [0.717, 1.165) is 26.3 Å². The molecule has 6 nitrogen and oxygen atoms in total. The Bertz CT molecular complexity index is 1210. The van der Waals surface area contributed by atoms with Gasteiger partial charge in [-0.3, -0.25) is 4.98 Å². The van der Waals surface area contributed by atoms with Crippen molar-refractivity contribution in [2.75, 3.05) is 19.5 Å². The summed E-state index contributed by atoms with van der Waals surface area (Å²) < 4.78 is 11.9. The number of nitrogens with one attached hydrogen (secondary N) is 1. The SMILES string of the molecule is COc1cc2ncc(C#N)c(Nc3ccc4sc(C)nc4c3)c2cc1OC. The van der Waals surface area contributed by atoms with E-state index >= 15 is 0 Å². The zero-order valence-corrected chi connectivity index (χ0v) is 15.8. The number of pyridine rings is 1. The number of aromatic nitrogens is 2. The number of nitrogens with zero attached hydrogens (tertiary/aromatic N) is 3. The molecule has 0 aliphatic heterocycles. The summed E-state index contributed by atoms with van der Waals surface area (Å²) in [5.74, 6) is 1.17. The van der Waals surface area contributed by atoms with E-state index in [9.17, 15) is 5.26 Å². The molecule has 1 N–H and O–H groups in total. The summed E-state index contributed by atoms with van der Waals surface area (Å²) in [4.78, 5) is 8.92. The van der Waals surface area contributed by atoms with E-state index in [1.165, 1.54) is 0 Å². The van der Waals surface area contributed by atoms with E-state index in [0.29, 0.717) is 28.3 Å². The number of anilines is 2.